The molecule has 4 heteroatoms. The van der Waals surface area contributed by atoms with Gasteiger partial charge in [-0.05, 0) is 30.0 Å². The Morgan fingerprint density at radius 2 is 2.10 bits per heavy atom. The minimum atomic E-state index is -0.923. The van der Waals surface area contributed by atoms with Crippen molar-refractivity contribution in [2.45, 2.75) is 25.4 Å². The normalized spacial score (nSPS) is 15.1. The monoisotopic (exact) mass is 275 g/mol. The van der Waals surface area contributed by atoms with E-state index >= 15 is 0 Å². The molecule has 1 aliphatic carbocycles. The molecule has 0 spiro atoms. The van der Waals surface area contributed by atoms with Crippen LogP contribution in [-0.4, -0.2) is 42.3 Å². The number of carboxylic acid groups (broad SMARTS) is 1. The lowest BCUT2D eigenvalue weighted by Crippen LogP contribution is -2.29. The largest absolute Gasteiger partial charge is 0.478 e. The minimum absolute atomic E-state index is 0.705. The summed E-state index contributed by atoms with van der Waals surface area (Å²) >= 11 is 0. The van der Waals surface area contributed by atoms with E-state index in [0.717, 1.165) is 31.3 Å². The maximum absolute atomic E-state index is 10.5. The van der Waals surface area contributed by atoms with Crippen LogP contribution in [0.15, 0.2) is 30.3 Å². The molecule has 2 rings (SSSR count). The fourth-order valence-corrected chi connectivity index (χ4v) is 2.18. The number of benzene rings is 1. The lowest BCUT2D eigenvalue weighted by molar-refractivity contribution is -0.131. The van der Waals surface area contributed by atoms with Gasteiger partial charge in [0.2, 0.25) is 0 Å². The Balaban J connectivity index is 1.93. The van der Waals surface area contributed by atoms with Crippen LogP contribution in [0, 0.1) is 0 Å². The van der Waals surface area contributed by atoms with Crippen LogP contribution in [-0.2, 0) is 16.1 Å². The molecule has 0 atom stereocenters. The average Bonchev–Trinajstić information content (AvgIpc) is 3.27. The fourth-order valence-electron chi connectivity index (χ4n) is 2.18. The predicted molar refractivity (Wildman–Crippen MR) is 78.4 cm³/mol. The summed E-state index contributed by atoms with van der Waals surface area (Å²) in [5.41, 5.74) is 2.16. The number of rotatable bonds is 8. The first-order chi connectivity index (χ1) is 9.69. The number of carbonyl (C=O) groups is 1. The zero-order valence-electron chi connectivity index (χ0n) is 11.8. The molecule has 0 heterocycles. The van der Waals surface area contributed by atoms with Crippen LogP contribution >= 0.6 is 0 Å². The maximum atomic E-state index is 10.5. The highest BCUT2D eigenvalue weighted by molar-refractivity contribution is 5.85. The minimum Gasteiger partial charge on any atom is -0.478 e. The van der Waals surface area contributed by atoms with Crippen molar-refractivity contribution >= 4 is 12.0 Å². The Labute approximate surface area is 119 Å². The van der Waals surface area contributed by atoms with Crippen molar-refractivity contribution < 1.29 is 14.6 Å². The summed E-state index contributed by atoms with van der Waals surface area (Å²) in [6, 6.07) is 8.73. The third kappa shape index (κ3) is 4.79. The molecule has 0 aromatic heterocycles. The van der Waals surface area contributed by atoms with Gasteiger partial charge in [0.05, 0.1) is 6.61 Å². The number of ether oxygens (including phenoxy) is 1. The van der Waals surface area contributed by atoms with E-state index in [1.165, 1.54) is 18.4 Å². The van der Waals surface area contributed by atoms with Gasteiger partial charge in [-0.3, -0.25) is 4.90 Å². The molecule has 0 aliphatic heterocycles. The second-order valence-corrected chi connectivity index (χ2v) is 5.11. The predicted octanol–water partition coefficient (Wildman–Crippen LogP) is 2.40. The van der Waals surface area contributed by atoms with Crippen molar-refractivity contribution in [3.8, 4) is 0 Å². The molecule has 1 aliphatic rings. The summed E-state index contributed by atoms with van der Waals surface area (Å²) in [5.74, 6) is -0.923. The Kier molecular flexibility index (Phi) is 5.32. The lowest BCUT2D eigenvalue weighted by Gasteiger charge is -2.21. The molecule has 108 valence electrons. The van der Waals surface area contributed by atoms with Crippen LogP contribution in [0.2, 0.25) is 0 Å². The Morgan fingerprint density at radius 3 is 2.65 bits per heavy atom. The van der Waals surface area contributed by atoms with Crippen LogP contribution in [0.25, 0.3) is 6.08 Å². The summed E-state index contributed by atoms with van der Waals surface area (Å²) < 4.78 is 5.16. The SMILES string of the molecule is COCCN(Cc1ccc(C=CC(=O)O)cc1)C1CC1. The molecule has 0 bridgehead atoms. The van der Waals surface area contributed by atoms with Crippen LogP contribution in [0.3, 0.4) is 0 Å². The molecule has 0 radical (unpaired) electrons. The van der Waals surface area contributed by atoms with Crippen molar-refractivity contribution in [1.82, 2.24) is 4.90 Å². The van der Waals surface area contributed by atoms with Gasteiger partial charge in [0.25, 0.3) is 0 Å². The van der Waals surface area contributed by atoms with Crippen molar-refractivity contribution in [2.24, 2.45) is 0 Å². The Bertz CT molecular complexity index is 463. The third-order valence-corrected chi connectivity index (χ3v) is 3.43. The average molecular weight is 275 g/mol. The first kappa shape index (κ1) is 14.8. The van der Waals surface area contributed by atoms with Crippen LogP contribution < -0.4 is 0 Å². The number of aliphatic carboxylic acids is 1. The standard InChI is InChI=1S/C16H21NO3/c1-20-11-10-17(15-7-8-15)12-14-4-2-13(3-5-14)6-9-16(18)19/h2-6,9,15H,7-8,10-12H2,1H3,(H,18,19). The van der Waals surface area contributed by atoms with E-state index in [-0.39, 0.29) is 0 Å². The van der Waals surface area contributed by atoms with E-state index in [9.17, 15) is 4.79 Å². The van der Waals surface area contributed by atoms with E-state index < -0.39 is 5.97 Å². The third-order valence-electron chi connectivity index (χ3n) is 3.43. The van der Waals surface area contributed by atoms with Gasteiger partial charge in [-0.25, -0.2) is 4.79 Å². The first-order valence-corrected chi connectivity index (χ1v) is 6.92. The summed E-state index contributed by atoms with van der Waals surface area (Å²) in [4.78, 5) is 12.9. The number of hydrogen-bond donors (Lipinski definition) is 1. The molecule has 1 aromatic carbocycles. The van der Waals surface area contributed by atoms with Crippen molar-refractivity contribution in [2.75, 3.05) is 20.3 Å². The van der Waals surface area contributed by atoms with Crippen LogP contribution in [0.1, 0.15) is 24.0 Å². The lowest BCUT2D eigenvalue weighted by atomic mass is 10.1. The quantitative estimate of drug-likeness (QED) is 0.740. The molecule has 20 heavy (non-hydrogen) atoms. The molecule has 1 saturated carbocycles. The highest BCUT2D eigenvalue weighted by atomic mass is 16.5. The van der Waals surface area contributed by atoms with Gasteiger partial charge in [-0.1, -0.05) is 24.3 Å². The van der Waals surface area contributed by atoms with Gasteiger partial charge >= 0.3 is 5.97 Å². The number of nitrogens with zero attached hydrogens (tertiary/aromatic N) is 1. The highest BCUT2D eigenvalue weighted by Gasteiger charge is 2.28. The Morgan fingerprint density at radius 1 is 1.40 bits per heavy atom. The molecule has 4 nitrogen and oxygen atoms in total. The van der Waals surface area contributed by atoms with Crippen molar-refractivity contribution in [1.29, 1.82) is 0 Å². The molecule has 1 fully saturated rings. The van der Waals surface area contributed by atoms with Crippen molar-refractivity contribution in [3.05, 3.63) is 41.5 Å². The summed E-state index contributed by atoms with van der Waals surface area (Å²) in [6.45, 7) is 2.65. The van der Waals surface area contributed by atoms with E-state index in [4.69, 9.17) is 9.84 Å². The molecule has 0 saturated heterocycles. The zero-order valence-corrected chi connectivity index (χ0v) is 11.8. The molecule has 1 N–H and O–H groups in total. The molecular formula is C16H21NO3. The van der Waals surface area contributed by atoms with Gasteiger partial charge in [0.1, 0.15) is 0 Å². The smallest absolute Gasteiger partial charge is 0.328 e. The summed E-state index contributed by atoms with van der Waals surface area (Å²) in [6.07, 6.45) is 5.33. The summed E-state index contributed by atoms with van der Waals surface area (Å²) in [5, 5.41) is 8.59. The van der Waals surface area contributed by atoms with E-state index in [1.54, 1.807) is 13.2 Å². The van der Waals surface area contributed by atoms with Crippen molar-refractivity contribution in [3.63, 3.8) is 0 Å². The van der Waals surface area contributed by atoms with Crippen LogP contribution in [0.4, 0.5) is 0 Å². The van der Waals surface area contributed by atoms with Gasteiger partial charge in [0, 0.05) is 32.3 Å². The molecule has 0 unspecified atom stereocenters. The molecule has 1 aromatic rings. The van der Waals surface area contributed by atoms with E-state index in [0.29, 0.717) is 6.04 Å². The number of carboxylic acids is 1. The zero-order chi connectivity index (χ0) is 14.4. The van der Waals surface area contributed by atoms with Gasteiger partial charge < -0.3 is 9.84 Å². The van der Waals surface area contributed by atoms with E-state index in [1.807, 2.05) is 12.1 Å². The first-order valence-electron chi connectivity index (χ1n) is 6.92. The highest BCUT2D eigenvalue weighted by Crippen LogP contribution is 2.28. The number of methoxy groups -OCH3 is 1. The Hall–Kier alpha value is -1.65. The van der Waals surface area contributed by atoms with Gasteiger partial charge in [0.15, 0.2) is 0 Å². The topological polar surface area (TPSA) is 49.8 Å². The number of hydrogen-bond acceptors (Lipinski definition) is 3. The second-order valence-electron chi connectivity index (χ2n) is 5.11. The maximum Gasteiger partial charge on any atom is 0.328 e. The fraction of sp³-hybridized carbons (Fsp3) is 0.438. The molecular weight excluding hydrogens is 254 g/mol. The summed E-state index contributed by atoms with van der Waals surface area (Å²) in [7, 11) is 1.73. The molecule has 0 amide bonds. The second kappa shape index (κ2) is 7.22. The van der Waals surface area contributed by atoms with Gasteiger partial charge in [-0.2, -0.15) is 0 Å². The van der Waals surface area contributed by atoms with E-state index in [2.05, 4.69) is 17.0 Å². The van der Waals surface area contributed by atoms with Gasteiger partial charge in [-0.15, -0.1) is 0 Å². The van der Waals surface area contributed by atoms with Crippen LogP contribution in [0.5, 0.6) is 0 Å².